The van der Waals surface area contributed by atoms with Gasteiger partial charge in [-0.3, -0.25) is 9.48 Å². The highest BCUT2D eigenvalue weighted by Crippen LogP contribution is 2.13. The average molecular weight is 218 g/mol. The van der Waals surface area contributed by atoms with Crippen LogP contribution in [0.3, 0.4) is 0 Å². The fraction of sp³-hybridized carbons (Fsp3) is 0.333. The first-order chi connectivity index (χ1) is 7.74. The third-order valence-corrected chi connectivity index (χ3v) is 2.45. The van der Waals surface area contributed by atoms with Crippen LogP contribution in [0.15, 0.2) is 28.9 Å². The van der Waals surface area contributed by atoms with E-state index in [1.807, 2.05) is 19.9 Å². The predicted molar refractivity (Wildman–Crippen MR) is 59.4 cm³/mol. The van der Waals surface area contributed by atoms with Crippen LogP contribution in [0.1, 0.15) is 35.7 Å². The van der Waals surface area contributed by atoms with E-state index in [9.17, 15) is 4.79 Å². The molecular weight excluding hydrogens is 204 g/mol. The number of carbonyl (C=O) groups excluding carboxylic acids is 1. The minimum atomic E-state index is -0.112. The first-order valence-electron chi connectivity index (χ1n) is 5.40. The Labute approximate surface area is 93.9 Å². The van der Waals surface area contributed by atoms with Gasteiger partial charge >= 0.3 is 0 Å². The number of aromatic nitrogens is 2. The second-order valence-electron chi connectivity index (χ2n) is 3.53. The molecule has 0 bridgehead atoms. The molecular formula is C12H14N2O2. The summed E-state index contributed by atoms with van der Waals surface area (Å²) in [6.45, 7) is 4.72. The summed E-state index contributed by atoms with van der Waals surface area (Å²) in [6, 6.07) is 3.54. The molecule has 2 aromatic rings. The average Bonchev–Trinajstić information content (AvgIpc) is 2.97. The Morgan fingerprint density at radius 3 is 2.81 bits per heavy atom. The van der Waals surface area contributed by atoms with Gasteiger partial charge in [0.25, 0.3) is 0 Å². The molecule has 16 heavy (non-hydrogen) atoms. The molecule has 0 N–H and O–H groups in total. The van der Waals surface area contributed by atoms with E-state index >= 15 is 0 Å². The summed E-state index contributed by atoms with van der Waals surface area (Å²) in [4.78, 5) is 12.0. The van der Waals surface area contributed by atoms with Gasteiger partial charge in [0, 0.05) is 19.2 Å². The lowest BCUT2D eigenvalue weighted by molar-refractivity contribution is 0.101. The first kappa shape index (κ1) is 10.7. The van der Waals surface area contributed by atoms with Crippen LogP contribution in [0.25, 0.3) is 0 Å². The summed E-state index contributed by atoms with van der Waals surface area (Å²) in [5.41, 5.74) is 0.568. The molecule has 0 saturated carbocycles. The van der Waals surface area contributed by atoms with Crippen molar-refractivity contribution < 1.29 is 9.21 Å². The summed E-state index contributed by atoms with van der Waals surface area (Å²) in [5.74, 6) is 1.10. The van der Waals surface area contributed by atoms with E-state index in [4.69, 9.17) is 4.42 Å². The molecule has 2 aromatic heterocycles. The number of ketones is 1. The molecule has 4 nitrogen and oxygen atoms in total. The Morgan fingerprint density at radius 2 is 2.25 bits per heavy atom. The van der Waals surface area contributed by atoms with Crippen LogP contribution in [-0.2, 0) is 13.0 Å². The van der Waals surface area contributed by atoms with Crippen LogP contribution < -0.4 is 0 Å². The van der Waals surface area contributed by atoms with Crippen LogP contribution in [0.5, 0.6) is 0 Å². The lowest BCUT2D eigenvalue weighted by Crippen LogP contribution is -1.98. The predicted octanol–water partition coefficient (Wildman–Crippen LogP) is 2.29. The molecule has 0 aliphatic rings. The molecule has 0 aromatic carbocycles. The Balaban J connectivity index is 2.24. The molecule has 0 aliphatic heterocycles. The molecule has 0 atom stereocenters. The second kappa shape index (κ2) is 4.35. The zero-order valence-electron chi connectivity index (χ0n) is 9.43. The third kappa shape index (κ3) is 1.91. The number of nitrogens with zero attached hydrogens (tertiary/aromatic N) is 2. The zero-order valence-corrected chi connectivity index (χ0v) is 9.43. The van der Waals surface area contributed by atoms with Crippen molar-refractivity contribution in [3.63, 3.8) is 0 Å². The molecule has 2 heterocycles. The smallest absolute Gasteiger partial charge is 0.231 e. The van der Waals surface area contributed by atoms with Gasteiger partial charge in [-0.15, -0.1) is 0 Å². The topological polar surface area (TPSA) is 48.0 Å². The van der Waals surface area contributed by atoms with Gasteiger partial charge < -0.3 is 4.42 Å². The van der Waals surface area contributed by atoms with Gasteiger partial charge in [0.15, 0.2) is 5.76 Å². The van der Waals surface area contributed by atoms with E-state index in [0.717, 1.165) is 18.7 Å². The highest BCUT2D eigenvalue weighted by Gasteiger charge is 2.14. The fourth-order valence-corrected chi connectivity index (χ4v) is 1.49. The third-order valence-electron chi connectivity index (χ3n) is 2.45. The van der Waals surface area contributed by atoms with E-state index in [-0.39, 0.29) is 5.78 Å². The Bertz CT molecular complexity index is 452. The molecule has 0 saturated heterocycles. The molecule has 2 rings (SSSR count). The minimum absolute atomic E-state index is 0.112. The van der Waals surface area contributed by atoms with Crippen molar-refractivity contribution in [2.75, 3.05) is 0 Å². The number of rotatable bonds is 4. The summed E-state index contributed by atoms with van der Waals surface area (Å²) in [7, 11) is 0. The summed E-state index contributed by atoms with van der Waals surface area (Å²) < 4.78 is 7.12. The van der Waals surface area contributed by atoms with Gasteiger partial charge in [-0.05, 0) is 19.1 Å². The van der Waals surface area contributed by atoms with Crippen molar-refractivity contribution in [3.05, 3.63) is 41.6 Å². The highest BCUT2D eigenvalue weighted by molar-refractivity contribution is 6.06. The van der Waals surface area contributed by atoms with E-state index in [0.29, 0.717) is 11.3 Å². The lowest BCUT2D eigenvalue weighted by Gasteiger charge is -1.93. The Kier molecular flexibility index (Phi) is 2.90. The van der Waals surface area contributed by atoms with Crippen molar-refractivity contribution in [1.29, 1.82) is 0 Å². The van der Waals surface area contributed by atoms with E-state index < -0.39 is 0 Å². The molecule has 0 fully saturated rings. The molecule has 4 heteroatoms. The van der Waals surface area contributed by atoms with Crippen molar-refractivity contribution in [2.24, 2.45) is 0 Å². The van der Waals surface area contributed by atoms with Crippen LogP contribution in [0, 0.1) is 0 Å². The van der Waals surface area contributed by atoms with Gasteiger partial charge in [0.05, 0.1) is 11.8 Å². The van der Waals surface area contributed by atoms with Crippen LogP contribution >= 0.6 is 0 Å². The second-order valence-corrected chi connectivity index (χ2v) is 3.53. The van der Waals surface area contributed by atoms with Crippen molar-refractivity contribution >= 4 is 5.78 Å². The number of hydrogen-bond donors (Lipinski definition) is 0. The zero-order chi connectivity index (χ0) is 11.5. The van der Waals surface area contributed by atoms with E-state index in [1.54, 1.807) is 23.1 Å². The first-order valence-corrected chi connectivity index (χ1v) is 5.40. The van der Waals surface area contributed by atoms with Gasteiger partial charge in [-0.2, -0.15) is 5.10 Å². The van der Waals surface area contributed by atoms with Gasteiger partial charge in [0.1, 0.15) is 5.76 Å². The molecule has 84 valence electrons. The number of furan rings is 1. The number of aryl methyl sites for hydroxylation is 2. The van der Waals surface area contributed by atoms with E-state index in [1.165, 1.54) is 0 Å². The summed E-state index contributed by atoms with van der Waals surface area (Å²) in [5, 5.41) is 4.06. The Morgan fingerprint density at radius 1 is 1.44 bits per heavy atom. The van der Waals surface area contributed by atoms with Gasteiger partial charge in [-0.25, -0.2) is 0 Å². The molecule has 0 amide bonds. The van der Waals surface area contributed by atoms with Crippen LogP contribution in [0.4, 0.5) is 0 Å². The van der Waals surface area contributed by atoms with E-state index in [2.05, 4.69) is 5.10 Å². The monoisotopic (exact) mass is 218 g/mol. The maximum absolute atomic E-state index is 12.0. The summed E-state index contributed by atoms with van der Waals surface area (Å²) >= 11 is 0. The molecule has 0 radical (unpaired) electrons. The number of carbonyl (C=O) groups is 1. The van der Waals surface area contributed by atoms with Crippen molar-refractivity contribution in [1.82, 2.24) is 9.78 Å². The SMILES string of the molecule is CCc1ccc(C(=O)c2cnn(CC)c2)o1. The Hall–Kier alpha value is -1.84. The fourth-order valence-electron chi connectivity index (χ4n) is 1.49. The summed E-state index contributed by atoms with van der Waals surface area (Å²) in [6.07, 6.45) is 4.10. The normalized spacial score (nSPS) is 10.6. The molecule has 0 spiro atoms. The highest BCUT2D eigenvalue weighted by atomic mass is 16.3. The van der Waals surface area contributed by atoms with Crippen LogP contribution in [0.2, 0.25) is 0 Å². The minimum Gasteiger partial charge on any atom is -0.458 e. The quantitative estimate of drug-likeness (QED) is 0.740. The van der Waals surface area contributed by atoms with Crippen LogP contribution in [-0.4, -0.2) is 15.6 Å². The molecule has 0 aliphatic carbocycles. The van der Waals surface area contributed by atoms with Gasteiger partial charge in [0.2, 0.25) is 5.78 Å². The standard InChI is InChI=1S/C12H14N2O2/c1-3-10-5-6-11(16-10)12(15)9-7-13-14(4-2)8-9/h5-8H,3-4H2,1-2H3. The lowest BCUT2D eigenvalue weighted by atomic mass is 10.2. The maximum atomic E-state index is 12.0. The van der Waals surface area contributed by atoms with Crippen molar-refractivity contribution in [3.8, 4) is 0 Å². The van der Waals surface area contributed by atoms with Gasteiger partial charge in [-0.1, -0.05) is 6.92 Å². The molecule has 0 unspecified atom stereocenters. The maximum Gasteiger partial charge on any atom is 0.231 e. The largest absolute Gasteiger partial charge is 0.458 e. The van der Waals surface area contributed by atoms with Crippen molar-refractivity contribution in [2.45, 2.75) is 26.8 Å². The number of hydrogen-bond acceptors (Lipinski definition) is 3.